The third-order valence-corrected chi connectivity index (χ3v) is 4.26. The van der Waals surface area contributed by atoms with Crippen molar-refractivity contribution in [2.24, 2.45) is 7.05 Å². The first-order valence-electron chi connectivity index (χ1n) is 6.79. The number of nitrogens with one attached hydrogen (secondary N) is 1. The molecule has 5 heteroatoms. The lowest BCUT2D eigenvalue weighted by atomic mass is 10.1. The maximum absolute atomic E-state index is 14.2. The fraction of sp³-hybridized carbons (Fsp3) is 0.400. The summed E-state index contributed by atoms with van der Waals surface area (Å²) in [4.78, 5) is 4.80. The molecule has 0 saturated heterocycles. The van der Waals surface area contributed by atoms with E-state index in [4.69, 9.17) is 0 Å². The molecule has 0 fully saturated rings. The molecule has 1 aromatic carbocycles. The summed E-state index contributed by atoms with van der Waals surface area (Å²) in [6, 6.07) is 5.57. The van der Waals surface area contributed by atoms with Crippen molar-refractivity contribution in [3.63, 3.8) is 0 Å². The van der Waals surface area contributed by atoms with Crippen LogP contribution in [0.2, 0.25) is 0 Å². The number of nitrogens with zero attached hydrogens (tertiary/aromatic N) is 2. The first kappa shape index (κ1) is 15.1. The Morgan fingerprint density at radius 1 is 1.45 bits per heavy atom. The van der Waals surface area contributed by atoms with E-state index in [1.807, 2.05) is 29.9 Å². The van der Waals surface area contributed by atoms with E-state index in [2.05, 4.69) is 24.1 Å². The second kappa shape index (κ2) is 6.90. The molecule has 0 bridgehead atoms. The summed E-state index contributed by atoms with van der Waals surface area (Å²) in [6.07, 6.45) is 4.64. The molecule has 2 aromatic rings. The monoisotopic (exact) mass is 293 g/mol. The number of imidazole rings is 1. The second-order valence-corrected chi connectivity index (χ2v) is 5.80. The van der Waals surface area contributed by atoms with Crippen LogP contribution in [0.4, 0.5) is 4.39 Å². The molecule has 0 aliphatic heterocycles. The van der Waals surface area contributed by atoms with Crippen molar-refractivity contribution in [2.75, 3.05) is 6.54 Å². The number of halogens is 1. The van der Waals surface area contributed by atoms with E-state index in [0.717, 1.165) is 23.7 Å². The highest BCUT2D eigenvalue weighted by Crippen LogP contribution is 2.29. The smallest absolute Gasteiger partial charge is 0.172 e. The van der Waals surface area contributed by atoms with Gasteiger partial charge in [0.15, 0.2) is 5.16 Å². The Hall–Kier alpha value is -1.33. The van der Waals surface area contributed by atoms with Gasteiger partial charge < -0.3 is 9.88 Å². The zero-order chi connectivity index (χ0) is 14.5. The molecular formula is C15H20FN3S. The molecule has 0 aliphatic carbocycles. The van der Waals surface area contributed by atoms with Crippen LogP contribution in [0, 0.1) is 5.82 Å². The van der Waals surface area contributed by atoms with Crippen LogP contribution < -0.4 is 5.32 Å². The van der Waals surface area contributed by atoms with Crippen molar-refractivity contribution >= 4 is 11.8 Å². The Bertz CT molecular complexity index is 568. The van der Waals surface area contributed by atoms with Crippen LogP contribution in [0.25, 0.3) is 0 Å². The molecule has 1 unspecified atom stereocenters. The standard InChI is InChI=1S/C15H20FN3S/c1-4-7-17-11(2)12-5-6-14(13(16)10-12)20-15-18-8-9-19(15)3/h5-6,8-11,17H,4,7H2,1-3H3. The first-order chi connectivity index (χ1) is 9.61. The van der Waals surface area contributed by atoms with E-state index in [9.17, 15) is 4.39 Å². The molecule has 0 saturated carbocycles. The van der Waals surface area contributed by atoms with Gasteiger partial charge in [0, 0.05) is 25.5 Å². The topological polar surface area (TPSA) is 29.9 Å². The first-order valence-corrected chi connectivity index (χ1v) is 7.61. The Morgan fingerprint density at radius 2 is 2.25 bits per heavy atom. The highest BCUT2D eigenvalue weighted by molar-refractivity contribution is 7.99. The van der Waals surface area contributed by atoms with Gasteiger partial charge in [-0.1, -0.05) is 13.0 Å². The lowest BCUT2D eigenvalue weighted by molar-refractivity contribution is 0.556. The minimum absolute atomic E-state index is 0.164. The van der Waals surface area contributed by atoms with Crippen molar-refractivity contribution in [1.82, 2.24) is 14.9 Å². The Balaban J connectivity index is 2.11. The molecule has 1 aromatic heterocycles. The summed E-state index contributed by atoms with van der Waals surface area (Å²) in [6.45, 7) is 5.11. The third-order valence-electron chi connectivity index (χ3n) is 3.13. The van der Waals surface area contributed by atoms with Gasteiger partial charge in [-0.15, -0.1) is 0 Å². The predicted molar refractivity (Wildman–Crippen MR) is 80.4 cm³/mol. The van der Waals surface area contributed by atoms with Crippen molar-refractivity contribution in [3.05, 3.63) is 42.0 Å². The van der Waals surface area contributed by atoms with Gasteiger partial charge in [-0.05, 0) is 49.3 Å². The molecule has 1 N–H and O–H groups in total. The fourth-order valence-electron chi connectivity index (χ4n) is 1.90. The molecule has 2 rings (SSSR count). The number of rotatable bonds is 6. The van der Waals surface area contributed by atoms with Crippen molar-refractivity contribution in [3.8, 4) is 0 Å². The van der Waals surface area contributed by atoms with Crippen LogP contribution in [0.5, 0.6) is 0 Å². The number of hydrogen-bond donors (Lipinski definition) is 1. The van der Waals surface area contributed by atoms with E-state index in [1.165, 1.54) is 11.8 Å². The van der Waals surface area contributed by atoms with E-state index < -0.39 is 0 Å². The van der Waals surface area contributed by atoms with Gasteiger partial charge in [0.25, 0.3) is 0 Å². The van der Waals surface area contributed by atoms with Gasteiger partial charge in [-0.3, -0.25) is 0 Å². The maximum atomic E-state index is 14.2. The van der Waals surface area contributed by atoms with Gasteiger partial charge in [0.1, 0.15) is 5.82 Å². The summed E-state index contributed by atoms with van der Waals surface area (Å²) in [7, 11) is 1.90. The van der Waals surface area contributed by atoms with Crippen LogP contribution in [-0.4, -0.2) is 16.1 Å². The van der Waals surface area contributed by atoms with Crippen LogP contribution in [0.3, 0.4) is 0 Å². The summed E-state index contributed by atoms with van der Waals surface area (Å²) in [5.41, 5.74) is 0.972. The molecule has 0 aliphatic rings. The van der Waals surface area contributed by atoms with Crippen LogP contribution in [0.15, 0.2) is 40.6 Å². The van der Waals surface area contributed by atoms with Gasteiger partial charge >= 0.3 is 0 Å². The highest BCUT2D eigenvalue weighted by Gasteiger charge is 2.11. The zero-order valence-corrected chi connectivity index (χ0v) is 12.9. The average Bonchev–Trinajstić information content (AvgIpc) is 2.84. The van der Waals surface area contributed by atoms with E-state index in [-0.39, 0.29) is 11.9 Å². The van der Waals surface area contributed by atoms with E-state index in [1.54, 1.807) is 12.3 Å². The maximum Gasteiger partial charge on any atom is 0.172 e. The van der Waals surface area contributed by atoms with E-state index in [0.29, 0.717) is 4.90 Å². The van der Waals surface area contributed by atoms with Crippen molar-refractivity contribution in [1.29, 1.82) is 0 Å². The second-order valence-electron chi connectivity index (χ2n) is 4.79. The number of hydrogen-bond acceptors (Lipinski definition) is 3. The van der Waals surface area contributed by atoms with E-state index >= 15 is 0 Å². The van der Waals surface area contributed by atoms with Crippen LogP contribution >= 0.6 is 11.8 Å². The average molecular weight is 293 g/mol. The summed E-state index contributed by atoms with van der Waals surface area (Å²) < 4.78 is 16.0. The van der Waals surface area contributed by atoms with Crippen molar-refractivity contribution in [2.45, 2.75) is 36.4 Å². The van der Waals surface area contributed by atoms with Gasteiger partial charge in [-0.25, -0.2) is 9.37 Å². The summed E-state index contributed by atoms with van der Waals surface area (Å²) in [5, 5.41) is 4.15. The molecular weight excluding hydrogens is 273 g/mol. The summed E-state index contributed by atoms with van der Waals surface area (Å²) >= 11 is 1.34. The molecule has 1 heterocycles. The Kier molecular flexibility index (Phi) is 5.20. The summed E-state index contributed by atoms with van der Waals surface area (Å²) in [5.74, 6) is -0.194. The molecule has 1 atom stereocenters. The predicted octanol–water partition coefficient (Wildman–Crippen LogP) is 3.77. The molecule has 3 nitrogen and oxygen atoms in total. The van der Waals surface area contributed by atoms with Crippen molar-refractivity contribution < 1.29 is 4.39 Å². The van der Waals surface area contributed by atoms with Gasteiger partial charge in [-0.2, -0.15) is 0 Å². The van der Waals surface area contributed by atoms with Gasteiger partial charge in [0.2, 0.25) is 0 Å². The zero-order valence-electron chi connectivity index (χ0n) is 12.1. The molecule has 0 spiro atoms. The number of benzene rings is 1. The minimum Gasteiger partial charge on any atom is -0.329 e. The highest BCUT2D eigenvalue weighted by atomic mass is 32.2. The fourth-order valence-corrected chi connectivity index (χ4v) is 2.70. The van der Waals surface area contributed by atoms with Crippen LogP contribution in [-0.2, 0) is 7.05 Å². The Labute approximate surface area is 123 Å². The molecule has 0 radical (unpaired) electrons. The number of aromatic nitrogens is 2. The van der Waals surface area contributed by atoms with Gasteiger partial charge in [0.05, 0.1) is 4.90 Å². The minimum atomic E-state index is -0.194. The SMILES string of the molecule is CCCNC(C)c1ccc(Sc2nccn2C)c(F)c1. The molecule has 108 valence electrons. The Morgan fingerprint density at radius 3 is 2.85 bits per heavy atom. The van der Waals surface area contributed by atoms with Crippen LogP contribution in [0.1, 0.15) is 31.9 Å². The number of aryl methyl sites for hydroxylation is 1. The lowest BCUT2D eigenvalue weighted by Crippen LogP contribution is -2.19. The largest absolute Gasteiger partial charge is 0.329 e. The normalized spacial score (nSPS) is 12.6. The molecule has 20 heavy (non-hydrogen) atoms. The quantitative estimate of drug-likeness (QED) is 0.879. The lowest BCUT2D eigenvalue weighted by Gasteiger charge is -2.14. The third kappa shape index (κ3) is 3.61. The molecule has 0 amide bonds.